The van der Waals surface area contributed by atoms with Gasteiger partial charge < -0.3 is 10.2 Å². The van der Waals surface area contributed by atoms with Crippen molar-refractivity contribution in [3.05, 3.63) is 78.5 Å². The van der Waals surface area contributed by atoms with E-state index in [1.165, 1.54) is 5.56 Å². The minimum atomic E-state index is -0.231. The fourth-order valence-electron chi connectivity index (χ4n) is 3.37. The van der Waals surface area contributed by atoms with E-state index in [0.717, 1.165) is 24.5 Å². The summed E-state index contributed by atoms with van der Waals surface area (Å²) in [5, 5.41) is 7.91. The van der Waals surface area contributed by atoms with Crippen molar-refractivity contribution >= 4 is 17.4 Å². The van der Waals surface area contributed by atoms with Gasteiger partial charge in [-0.05, 0) is 31.0 Å². The van der Waals surface area contributed by atoms with Crippen molar-refractivity contribution < 1.29 is 4.79 Å². The highest BCUT2D eigenvalue weighted by molar-refractivity contribution is 6.00. The molecule has 1 aliphatic heterocycles. The van der Waals surface area contributed by atoms with Gasteiger partial charge in [-0.25, -0.2) is 0 Å². The van der Waals surface area contributed by atoms with Crippen molar-refractivity contribution in [2.75, 3.05) is 16.8 Å². The number of amides is 1. The van der Waals surface area contributed by atoms with E-state index in [1.807, 2.05) is 70.4 Å². The Morgan fingerprint density at radius 3 is 2.46 bits per heavy atom. The zero-order valence-electron chi connectivity index (χ0n) is 14.7. The third kappa shape index (κ3) is 3.20. The summed E-state index contributed by atoms with van der Waals surface area (Å²) in [5.41, 5.74) is 2.15. The molecule has 2 aromatic carbocycles. The minimum absolute atomic E-state index is 0.0989. The smallest absolute Gasteiger partial charge is 0.249 e. The molecule has 3 aromatic rings. The van der Waals surface area contributed by atoms with E-state index in [2.05, 4.69) is 29.5 Å². The largest absolute Gasteiger partial charge is 0.357 e. The van der Waals surface area contributed by atoms with E-state index < -0.39 is 0 Å². The second-order valence-corrected chi connectivity index (χ2v) is 6.58. The first kappa shape index (κ1) is 16.4. The van der Waals surface area contributed by atoms with Crippen LogP contribution in [0.2, 0.25) is 0 Å². The Bertz CT molecular complexity index is 875. The van der Waals surface area contributed by atoms with Crippen LogP contribution in [0.15, 0.2) is 72.9 Å². The average Bonchev–Trinajstić information content (AvgIpc) is 3.30. The second kappa shape index (κ2) is 7.04. The molecule has 1 aliphatic rings. The van der Waals surface area contributed by atoms with Crippen LogP contribution < -0.4 is 10.2 Å². The Balaban J connectivity index is 1.44. The molecule has 1 N–H and O–H groups in total. The van der Waals surface area contributed by atoms with E-state index in [9.17, 15) is 4.79 Å². The SMILES string of the molecule is CC(c1ccccc1)n1ccc(NC2CCN(c3ccccc3)C2=O)n1. The van der Waals surface area contributed by atoms with Crippen molar-refractivity contribution in [1.82, 2.24) is 9.78 Å². The highest BCUT2D eigenvalue weighted by atomic mass is 16.2. The van der Waals surface area contributed by atoms with Crippen molar-refractivity contribution in [1.29, 1.82) is 0 Å². The maximum Gasteiger partial charge on any atom is 0.249 e. The first-order valence-corrected chi connectivity index (χ1v) is 8.95. The molecule has 4 rings (SSSR count). The predicted molar refractivity (Wildman–Crippen MR) is 103 cm³/mol. The number of anilines is 2. The zero-order valence-corrected chi connectivity index (χ0v) is 14.7. The van der Waals surface area contributed by atoms with Crippen molar-refractivity contribution in [3.8, 4) is 0 Å². The van der Waals surface area contributed by atoms with Gasteiger partial charge in [-0.3, -0.25) is 9.48 Å². The number of nitrogens with one attached hydrogen (secondary N) is 1. The summed E-state index contributed by atoms with van der Waals surface area (Å²) < 4.78 is 1.92. The average molecular weight is 346 g/mol. The molecular weight excluding hydrogens is 324 g/mol. The van der Waals surface area contributed by atoms with E-state index in [4.69, 9.17) is 0 Å². The normalized spacial score (nSPS) is 18.1. The van der Waals surface area contributed by atoms with Gasteiger partial charge in [0, 0.05) is 24.5 Å². The molecule has 1 saturated heterocycles. The van der Waals surface area contributed by atoms with Crippen molar-refractivity contribution in [2.24, 2.45) is 0 Å². The Morgan fingerprint density at radius 1 is 1.04 bits per heavy atom. The highest BCUT2D eigenvalue weighted by Crippen LogP contribution is 2.24. The molecule has 5 heteroatoms. The van der Waals surface area contributed by atoms with Gasteiger partial charge >= 0.3 is 0 Å². The number of aromatic nitrogens is 2. The lowest BCUT2D eigenvalue weighted by Crippen LogP contribution is -2.33. The highest BCUT2D eigenvalue weighted by Gasteiger charge is 2.32. The van der Waals surface area contributed by atoms with E-state index >= 15 is 0 Å². The number of hydrogen-bond acceptors (Lipinski definition) is 3. The maximum atomic E-state index is 12.7. The molecule has 1 fully saturated rings. The summed E-state index contributed by atoms with van der Waals surface area (Å²) in [5.74, 6) is 0.836. The van der Waals surface area contributed by atoms with Crippen LogP contribution in [0.5, 0.6) is 0 Å². The lowest BCUT2D eigenvalue weighted by Gasteiger charge is -2.17. The van der Waals surface area contributed by atoms with Crippen molar-refractivity contribution in [2.45, 2.75) is 25.4 Å². The van der Waals surface area contributed by atoms with Crippen LogP contribution in [0.1, 0.15) is 24.9 Å². The third-order valence-corrected chi connectivity index (χ3v) is 4.88. The summed E-state index contributed by atoms with van der Waals surface area (Å²) in [6, 6.07) is 21.9. The number of hydrogen-bond donors (Lipinski definition) is 1. The topological polar surface area (TPSA) is 50.2 Å². The molecule has 2 atom stereocenters. The Labute approximate surface area is 153 Å². The minimum Gasteiger partial charge on any atom is -0.357 e. The Morgan fingerprint density at radius 2 is 1.73 bits per heavy atom. The molecule has 0 aliphatic carbocycles. The van der Waals surface area contributed by atoms with Gasteiger partial charge in [0.05, 0.1) is 6.04 Å². The summed E-state index contributed by atoms with van der Waals surface area (Å²) >= 11 is 0. The number of carbonyl (C=O) groups excluding carboxylic acids is 1. The fraction of sp³-hybridized carbons (Fsp3) is 0.238. The summed E-state index contributed by atoms with van der Waals surface area (Å²) in [4.78, 5) is 14.5. The fourth-order valence-corrected chi connectivity index (χ4v) is 3.37. The van der Waals surface area contributed by atoms with Crippen LogP contribution in [0.4, 0.5) is 11.5 Å². The van der Waals surface area contributed by atoms with Crippen molar-refractivity contribution in [3.63, 3.8) is 0 Å². The first-order chi connectivity index (χ1) is 12.7. The van der Waals surface area contributed by atoms with Gasteiger partial charge in [0.2, 0.25) is 5.91 Å². The number of nitrogens with zero attached hydrogens (tertiary/aromatic N) is 3. The molecule has 2 unspecified atom stereocenters. The monoisotopic (exact) mass is 346 g/mol. The van der Waals surface area contributed by atoms with Gasteiger partial charge in [0.15, 0.2) is 0 Å². The van der Waals surface area contributed by atoms with E-state index in [0.29, 0.717) is 0 Å². The quantitative estimate of drug-likeness (QED) is 0.766. The molecule has 132 valence electrons. The molecule has 0 saturated carbocycles. The van der Waals surface area contributed by atoms with E-state index in [-0.39, 0.29) is 18.0 Å². The Hall–Kier alpha value is -3.08. The van der Waals surface area contributed by atoms with Gasteiger partial charge in [-0.2, -0.15) is 5.10 Å². The molecule has 0 radical (unpaired) electrons. The molecule has 1 aromatic heterocycles. The Kier molecular flexibility index (Phi) is 4.44. The van der Waals surface area contributed by atoms with Crippen LogP contribution in [0, 0.1) is 0 Å². The standard InChI is InChI=1S/C21H22N4O/c1-16(17-8-4-2-5-9-17)25-15-13-20(23-25)22-19-12-14-24(21(19)26)18-10-6-3-7-11-18/h2-11,13,15-16,19H,12,14H2,1H3,(H,22,23). The predicted octanol–water partition coefficient (Wildman–Crippen LogP) is 3.71. The number of carbonyl (C=O) groups is 1. The number of benzene rings is 2. The molecule has 5 nitrogen and oxygen atoms in total. The molecule has 2 heterocycles. The zero-order chi connectivity index (χ0) is 17.9. The summed E-state index contributed by atoms with van der Waals surface area (Å²) in [7, 11) is 0. The number of para-hydroxylation sites is 1. The lowest BCUT2D eigenvalue weighted by atomic mass is 10.1. The third-order valence-electron chi connectivity index (χ3n) is 4.88. The van der Waals surface area contributed by atoms with Gasteiger partial charge in [0.1, 0.15) is 11.9 Å². The van der Waals surface area contributed by atoms with Crippen LogP contribution in [0.3, 0.4) is 0 Å². The molecule has 1 amide bonds. The summed E-state index contributed by atoms with van der Waals surface area (Å²) in [6.45, 7) is 2.84. The molecule has 0 spiro atoms. The first-order valence-electron chi connectivity index (χ1n) is 8.95. The maximum absolute atomic E-state index is 12.7. The van der Waals surface area contributed by atoms with E-state index in [1.54, 1.807) is 0 Å². The number of rotatable bonds is 5. The van der Waals surface area contributed by atoms with Crippen LogP contribution in [-0.2, 0) is 4.79 Å². The molecule has 26 heavy (non-hydrogen) atoms. The second-order valence-electron chi connectivity index (χ2n) is 6.58. The molecular formula is C21H22N4O. The van der Waals surface area contributed by atoms with Gasteiger partial charge in [-0.1, -0.05) is 48.5 Å². The van der Waals surface area contributed by atoms with Gasteiger partial charge in [0.25, 0.3) is 0 Å². The summed E-state index contributed by atoms with van der Waals surface area (Å²) in [6.07, 6.45) is 2.73. The van der Waals surface area contributed by atoms with Crippen LogP contribution >= 0.6 is 0 Å². The van der Waals surface area contributed by atoms with Crippen LogP contribution in [0.25, 0.3) is 0 Å². The molecule has 0 bridgehead atoms. The lowest BCUT2D eigenvalue weighted by molar-refractivity contribution is -0.117. The van der Waals surface area contributed by atoms with Gasteiger partial charge in [-0.15, -0.1) is 0 Å². The van der Waals surface area contributed by atoms with Crippen LogP contribution in [-0.4, -0.2) is 28.3 Å².